The van der Waals surface area contributed by atoms with Gasteiger partial charge in [0.15, 0.2) is 0 Å². The molecule has 0 heterocycles. The number of nitrogens with zero attached hydrogens (tertiary/aromatic N) is 1. The molecular weight excluding hydrogens is 272 g/mol. The van der Waals surface area contributed by atoms with Crippen LogP contribution in [0.2, 0.25) is 0 Å². The number of hydrogen-bond acceptors (Lipinski definition) is 4. The molecular formula is C15H26N2O2S. The summed E-state index contributed by atoms with van der Waals surface area (Å²) in [6.45, 7) is 5.55. The van der Waals surface area contributed by atoms with Gasteiger partial charge < -0.3 is 10.2 Å². The van der Waals surface area contributed by atoms with Gasteiger partial charge in [0.25, 0.3) is 0 Å². The highest BCUT2D eigenvalue weighted by Crippen LogP contribution is 2.19. The van der Waals surface area contributed by atoms with E-state index in [1.807, 2.05) is 14.1 Å². The summed E-state index contributed by atoms with van der Waals surface area (Å²) < 4.78 is 22.4. The molecule has 0 aliphatic carbocycles. The molecule has 20 heavy (non-hydrogen) atoms. The third-order valence-electron chi connectivity index (χ3n) is 3.49. The minimum absolute atomic E-state index is 0.201. The van der Waals surface area contributed by atoms with Gasteiger partial charge in [-0.25, -0.2) is 8.42 Å². The molecule has 0 aliphatic heterocycles. The molecule has 0 fully saturated rings. The molecule has 0 amide bonds. The molecule has 5 heteroatoms. The van der Waals surface area contributed by atoms with Crippen LogP contribution in [0.25, 0.3) is 0 Å². The number of hydrogen-bond donors (Lipinski definition) is 1. The third kappa shape index (κ3) is 5.61. The van der Waals surface area contributed by atoms with Crippen molar-refractivity contribution >= 4 is 9.84 Å². The van der Waals surface area contributed by atoms with Gasteiger partial charge in [0.05, 0.1) is 5.75 Å². The third-order valence-corrected chi connectivity index (χ3v) is 4.41. The lowest BCUT2D eigenvalue weighted by molar-refractivity contribution is 0.311. The predicted molar refractivity (Wildman–Crippen MR) is 84.9 cm³/mol. The highest BCUT2D eigenvalue weighted by molar-refractivity contribution is 7.90. The van der Waals surface area contributed by atoms with E-state index in [-0.39, 0.29) is 11.8 Å². The van der Waals surface area contributed by atoms with Crippen molar-refractivity contribution in [3.05, 3.63) is 34.9 Å². The summed E-state index contributed by atoms with van der Waals surface area (Å²) in [6, 6.07) is 6.65. The van der Waals surface area contributed by atoms with Crippen LogP contribution in [0.5, 0.6) is 0 Å². The first-order valence-corrected chi connectivity index (χ1v) is 8.89. The Morgan fingerprint density at radius 3 is 2.45 bits per heavy atom. The van der Waals surface area contributed by atoms with Gasteiger partial charge in [0.1, 0.15) is 9.84 Å². The van der Waals surface area contributed by atoms with Crippen LogP contribution in [0.15, 0.2) is 18.2 Å². The Balaban J connectivity index is 2.71. The Morgan fingerprint density at radius 2 is 1.95 bits per heavy atom. The molecule has 0 bridgehead atoms. The average Bonchev–Trinajstić information content (AvgIpc) is 2.33. The van der Waals surface area contributed by atoms with Crippen LogP contribution in [-0.4, -0.2) is 52.5 Å². The standard InChI is InChI=1S/C15H26N2O2S/c1-12-6-7-14(13(2)10-12)15(16-3)11-17(4)8-9-20(5,18)19/h6-7,10,15-16H,8-9,11H2,1-5H3. The quantitative estimate of drug-likeness (QED) is 0.829. The second-order valence-corrected chi connectivity index (χ2v) is 7.85. The van der Waals surface area contributed by atoms with Crippen LogP contribution in [0, 0.1) is 13.8 Å². The minimum Gasteiger partial charge on any atom is -0.312 e. The highest BCUT2D eigenvalue weighted by Gasteiger charge is 2.15. The molecule has 1 unspecified atom stereocenters. The van der Waals surface area contributed by atoms with E-state index in [9.17, 15) is 8.42 Å². The Hall–Kier alpha value is -0.910. The number of sulfone groups is 1. The molecule has 114 valence electrons. The summed E-state index contributed by atoms with van der Waals surface area (Å²) in [6.07, 6.45) is 1.28. The fourth-order valence-electron chi connectivity index (χ4n) is 2.29. The summed E-state index contributed by atoms with van der Waals surface area (Å²) in [5.74, 6) is 0.201. The number of rotatable bonds is 7. The first-order valence-electron chi connectivity index (χ1n) is 6.83. The summed E-state index contributed by atoms with van der Waals surface area (Å²) in [5.41, 5.74) is 3.79. The van der Waals surface area contributed by atoms with Crippen LogP contribution in [0.4, 0.5) is 0 Å². The van der Waals surface area contributed by atoms with Gasteiger partial charge in [-0.05, 0) is 39.1 Å². The molecule has 0 radical (unpaired) electrons. The fourth-order valence-corrected chi connectivity index (χ4v) is 2.93. The van der Waals surface area contributed by atoms with E-state index in [0.717, 1.165) is 6.54 Å². The summed E-state index contributed by atoms with van der Waals surface area (Å²) in [4.78, 5) is 2.06. The molecule has 0 aliphatic rings. The number of benzene rings is 1. The van der Waals surface area contributed by atoms with Crippen molar-refractivity contribution in [2.45, 2.75) is 19.9 Å². The normalized spacial score (nSPS) is 13.7. The van der Waals surface area contributed by atoms with Gasteiger partial charge in [-0.3, -0.25) is 0 Å². The smallest absolute Gasteiger partial charge is 0.148 e. The van der Waals surface area contributed by atoms with Gasteiger partial charge in [-0.15, -0.1) is 0 Å². The topological polar surface area (TPSA) is 49.4 Å². The monoisotopic (exact) mass is 298 g/mol. The zero-order valence-electron chi connectivity index (χ0n) is 13.1. The molecule has 0 saturated carbocycles. The molecule has 1 N–H and O–H groups in total. The summed E-state index contributed by atoms with van der Waals surface area (Å²) in [7, 11) is 0.994. The van der Waals surface area contributed by atoms with Crippen molar-refractivity contribution in [2.24, 2.45) is 0 Å². The van der Waals surface area contributed by atoms with Gasteiger partial charge in [0.2, 0.25) is 0 Å². The van der Waals surface area contributed by atoms with Crippen molar-refractivity contribution < 1.29 is 8.42 Å². The van der Waals surface area contributed by atoms with Crippen molar-refractivity contribution in [1.29, 1.82) is 0 Å². The van der Waals surface area contributed by atoms with Crippen molar-refractivity contribution in [3.8, 4) is 0 Å². The first-order chi connectivity index (χ1) is 9.23. The van der Waals surface area contributed by atoms with Crippen molar-refractivity contribution in [3.63, 3.8) is 0 Å². The molecule has 1 atom stereocenters. The molecule has 1 rings (SSSR count). The van der Waals surface area contributed by atoms with E-state index in [2.05, 4.69) is 42.3 Å². The zero-order valence-corrected chi connectivity index (χ0v) is 13.9. The lowest BCUT2D eigenvalue weighted by Gasteiger charge is -2.25. The first kappa shape index (κ1) is 17.1. The lowest BCUT2D eigenvalue weighted by atomic mass is 9.99. The van der Waals surface area contributed by atoms with Gasteiger partial charge in [-0.2, -0.15) is 0 Å². The lowest BCUT2D eigenvalue weighted by Crippen LogP contribution is -2.34. The van der Waals surface area contributed by atoms with E-state index < -0.39 is 9.84 Å². The van der Waals surface area contributed by atoms with Crippen molar-refractivity contribution in [2.75, 3.05) is 39.2 Å². The second-order valence-electron chi connectivity index (χ2n) is 5.59. The van der Waals surface area contributed by atoms with E-state index in [1.54, 1.807) is 0 Å². The zero-order chi connectivity index (χ0) is 15.3. The molecule has 1 aromatic rings. The molecule has 0 aromatic heterocycles. The van der Waals surface area contributed by atoms with Crippen LogP contribution in [-0.2, 0) is 9.84 Å². The summed E-state index contributed by atoms with van der Waals surface area (Å²) >= 11 is 0. The maximum Gasteiger partial charge on any atom is 0.148 e. The van der Waals surface area contributed by atoms with Crippen LogP contribution < -0.4 is 5.32 Å². The van der Waals surface area contributed by atoms with E-state index >= 15 is 0 Å². The van der Waals surface area contributed by atoms with Crippen LogP contribution >= 0.6 is 0 Å². The average molecular weight is 298 g/mol. The van der Waals surface area contributed by atoms with Gasteiger partial charge >= 0.3 is 0 Å². The predicted octanol–water partition coefficient (Wildman–Crippen LogP) is 1.54. The number of aryl methyl sites for hydroxylation is 2. The second kappa shape index (κ2) is 7.20. The molecule has 4 nitrogen and oxygen atoms in total. The Kier molecular flexibility index (Phi) is 6.17. The SMILES string of the molecule is CNC(CN(C)CCS(C)(=O)=O)c1ccc(C)cc1C. The molecule has 0 spiro atoms. The number of likely N-dealkylation sites (N-methyl/N-ethyl adjacent to an activating group) is 2. The van der Waals surface area contributed by atoms with E-state index in [1.165, 1.54) is 22.9 Å². The Labute approximate surface area is 123 Å². The van der Waals surface area contributed by atoms with Gasteiger partial charge in [-0.1, -0.05) is 23.8 Å². The van der Waals surface area contributed by atoms with Gasteiger partial charge in [0, 0.05) is 25.4 Å². The maximum atomic E-state index is 11.2. The van der Waals surface area contributed by atoms with Crippen molar-refractivity contribution in [1.82, 2.24) is 10.2 Å². The molecule has 1 aromatic carbocycles. The Morgan fingerprint density at radius 1 is 1.30 bits per heavy atom. The Bertz CT molecular complexity index is 541. The largest absolute Gasteiger partial charge is 0.312 e. The summed E-state index contributed by atoms with van der Waals surface area (Å²) in [5, 5.41) is 3.32. The minimum atomic E-state index is -2.90. The number of nitrogens with one attached hydrogen (secondary N) is 1. The van der Waals surface area contributed by atoms with E-state index in [0.29, 0.717) is 6.54 Å². The highest BCUT2D eigenvalue weighted by atomic mass is 32.2. The van der Waals surface area contributed by atoms with E-state index in [4.69, 9.17) is 0 Å². The van der Waals surface area contributed by atoms with Crippen LogP contribution in [0.3, 0.4) is 0 Å². The van der Waals surface area contributed by atoms with Crippen LogP contribution in [0.1, 0.15) is 22.7 Å². The molecule has 0 saturated heterocycles. The fraction of sp³-hybridized carbons (Fsp3) is 0.600. The maximum absolute atomic E-state index is 11.2.